The van der Waals surface area contributed by atoms with Crippen molar-refractivity contribution in [3.63, 3.8) is 0 Å². The predicted molar refractivity (Wildman–Crippen MR) is 89.6 cm³/mol. The van der Waals surface area contributed by atoms with Crippen LogP contribution >= 0.6 is 0 Å². The maximum atomic E-state index is 13.2. The highest BCUT2D eigenvalue weighted by molar-refractivity contribution is 8.09. The first kappa shape index (κ1) is 15.3. The smallest absolute Gasteiger partial charge is 0.413 e. The topological polar surface area (TPSA) is 94.6 Å². The molecule has 0 radical (unpaired) electrons. The van der Waals surface area contributed by atoms with Gasteiger partial charge in [0, 0.05) is 0 Å². The van der Waals surface area contributed by atoms with Crippen LogP contribution in [0.1, 0.15) is 11.1 Å². The quantitative estimate of drug-likeness (QED) is 0.616. The van der Waals surface area contributed by atoms with E-state index in [1.165, 1.54) is 0 Å². The zero-order valence-electron chi connectivity index (χ0n) is 12.6. The summed E-state index contributed by atoms with van der Waals surface area (Å²) in [5.74, 6) is 0. The third-order valence-corrected chi connectivity index (χ3v) is 5.70. The number of fused-ring (bicyclic) bond motifs is 1. The normalized spacial score (nSPS) is 15.2. The summed E-state index contributed by atoms with van der Waals surface area (Å²) in [6, 6.07) is 16.4. The van der Waals surface area contributed by atoms with Crippen LogP contribution in [0.15, 0.2) is 79.1 Å². The minimum absolute atomic E-state index is 0.192. The second-order valence-electron chi connectivity index (χ2n) is 5.33. The largest absolute Gasteiger partial charge is 0.423 e. The van der Waals surface area contributed by atoms with Gasteiger partial charge in [0.25, 0.3) is 0 Å². The molecule has 0 fully saturated rings. The fraction of sp³-hybridized carbons (Fsp3) is 0. The van der Waals surface area contributed by atoms with Crippen LogP contribution in [-0.2, 0) is 9.84 Å². The highest BCUT2D eigenvalue weighted by atomic mass is 32.2. The molecule has 1 aliphatic rings. The van der Waals surface area contributed by atoms with Crippen molar-refractivity contribution in [2.75, 3.05) is 0 Å². The van der Waals surface area contributed by atoms with Crippen molar-refractivity contribution in [3.05, 3.63) is 103 Å². The van der Waals surface area contributed by atoms with E-state index in [2.05, 4.69) is 0 Å². The van der Waals surface area contributed by atoms with E-state index in [4.69, 9.17) is 8.83 Å². The molecule has 0 saturated carbocycles. The van der Waals surface area contributed by atoms with Crippen LogP contribution in [0.25, 0.3) is 9.81 Å². The molecule has 2 aromatic carbocycles. The fourth-order valence-electron chi connectivity index (χ4n) is 2.76. The number of hydrogen-bond donors (Lipinski definition) is 0. The Morgan fingerprint density at radius 1 is 0.600 bits per heavy atom. The maximum absolute atomic E-state index is 13.2. The van der Waals surface area contributed by atoms with Crippen LogP contribution in [-0.4, -0.2) is 8.42 Å². The van der Waals surface area contributed by atoms with Crippen molar-refractivity contribution in [1.82, 2.24) is 0 Å². The molecule has 1 aliphatic heterocycles. The molecular formula is C18H10O6S. The van der Waals surface area contributed by atoms with Crippen LogP contribution < -0.4 is 22.1 Å². The Hall–Kier alpha value is -3.19. The van der Waals surface area contributed by atoms with E-state index in [1.807, 2.05) is 0 Å². The van der Waals surface area contributed by atoms with Gasteiger partial charge in [-0.15, -0.1) is 0 Å². The van der Waals surface area contributed by atoms with Gasteiger partial charge in [0.05, 0.1) is 0 Å². The van der Waals surface area contributed by atoms with Crippen LogP contribution in [0.3, 0.4) is 0 Å². The lowest BCUT2D eigenvalue weighted by atomic mass is 10.2. The van der Waals surface area contributed by atoms with E-state index in [-0.39, 0.29) is 20.6 Å². The van der Waals surface area contributed by atoms with E-state index in [0.29, 0.717) is 11.1 Å². The van der Waals surface area contributed by atoms with Gasteiger partial charge in [-0.1, -0.05) is 60.7 Å². The molecule has 0 N–H and O–H groups in total. The summed E-state index contributed by atoms with van der Waals surface area (Å²) in [6.07, 6.45) is 0. The van der Waals surface area contributed by atoms with E-state index >= 15 is 0 Å². The zero-order chi connectivity index (χ0) is 17.6. The average Bonchev–Trinajstić information content (AvgIpc) is 2.82. The Kier molecular flexibility index (Phi) is 3.33. The Morgan fingerprint density at radius 3 is 1.32 bits per heavy atom. The summed E-state index contributed by atoms with van der Waals surface area (Å²) in [5, 5.41) is 0. The fourth-order valence-corrected chi connectivity index (χ4v) is 4.61. The van der Waals surface area contributed by atoms with Crippen LogP contribution in [0.5, 0.6) is 0 Å². The zero-order valence-corrected chi connectivity index (χ0v) is 13.4. The highest BCUT2D eigenvalue weighted by Gasteiger charge is 2.36. The minimum Gasteiger partial charge on any atom is -0.413 e. The molecule has 4 rings (SSSR count). The van der Waals surface area contributed by atoms with Crippen molar-refractivity contribution in [2.45, 2.75) is 0 Å². The summed E-state index contributed by atoms with van der Waals surface area (Å²) in [5.41, 5.74) is -2.34. The van der Waals surface area contributed by atoms with Gasteiger partial charge in [0.15, 0.2) is 10.8 Å². The SMILES string of the molecule is O=c1oc2c(oc1=O)=C(c1ccccc1)S(=O)(=O)C=2c1ccccc1. The first-order valence-corrected chi connectivity index (χ1v) is 8.77. The van der Waals surface area contributed by atoms with Crippen molar-refractivity contribution < 1.29 is 17.3 Å². The summed E-state index contributed by atoms with van der Waals surface area (Å²) >= 11 is 0. The molecule has 0 aliphatic carbocycles. The molecule has 1 aromatic heterocycles. The first-order valence-electron chi connectivity index (χ1n) is 7.29. The Balaban J connectivity index is 2.27. The standard InChI is InChI=1S/C18H10O6S/c19-17-18(20)24-14-13(23-17)15(11-7-3-1-4-8-11)25(21,22)16(14)12-9-5-2-6-10-12/h1-10H. The van der Waals surface area contributed by atoms with Gasteiger partial charge in [-0.25, -0.2) is 18.0 Å². The second-order valence-corrected chi connectivity index (χ2v) is 7.15. The molecule has 0 atom stereocenters. The molecule has 0 spiro atoms. The first-order chi connectivity index (χ1) is 12.0. The van der Waals surface area contributed by atoms with Gasteiger partial charge < -0.3 is 8.83 Å². The third-order valence-electron chi connectivity index (χ3n) is 3.78. The summed E-state index contributed by atoms with van der Waals surface area (Å²) in [7, 11) is -4.06. The summed E-state index contributed by atoms with van der Waals surface area (Å²) in [6.45, 7) is 0. The van der Waals surface area contributed by atoms with E-state index < -0.39 is 21.1 Å². The lowest BCUT2D eigenvalue weighted by Gasteiger charge is -2.06. The molecular weight excluding hydrogens is 344 g/mol. The van der Waals surface area contributed by atoms with Crippen LogP contribution in [0, 0.1) is 0 Å². The van der Waals surface area contributed by atoms with E-state index in [9.17, 15) is 18.0 Å². The van der Waals surface area contributed by atoms with E-state index in [0.717, 1.165) is 0 Å². The van der Waals surface area contributed by atoms with Gasteiger partial charge >= 0.3 is 11.3 Å². The number of hydrogen-bond acceptors (Lipinski definition) is 6. The predicted octanol–water partition coefficient (Wildman–Crippen LogP) is 0.334. The van der Waals surface area contributed by atoms with Gasteiger partial charge in [0.2, 0.25) is 9.84 Å². The monoisotopic (exact) mass is 354 g/mol. The lowest BCUT2D eigenvalue weighted by Crippen LogP contribution is -2.38. The molecule has 0 bridgehead atoms. The van der Waals surface area contributed by atoms with Crippen LogP contribution in [0.4, 0.5) is 0 Å². The van der Waals surface area contributed by atoms with Gasteiger partial charge in [-0.2, -0.15) is 0 Å². The third kappa shape index (κ3) is 2.28. The van der Waals surface area contributed by atoms with Crippen molar-refractivity contribution in [1.29, 1.82) is 0 Å². The Labute approximate surface area is 140 Å². The lowest BCUT2D eigenvalue weighted by molar-refractivity contribution is 0.346. The van der Waals surface area contributed by atoms with Crippen LogP contribution in [0.2, 0.25) is 0 Å². The molecule has 6 nitrogen and oxygen atoms in total. The molecule has 0 saturated heterocycles. The molecule has 25 heavy (non-hydrogen) atoms. The number of sulfone groups is 1. The van der Waals surface area contributed by atoms with Crippen molar-refractivity contribution in [2.24, 2.45) is 0 Å². The second kappa shape index (κ2) is 5.42. The molecule has 124 valence electrons. The van der Waals surface area contributed by atoms with Gasteiger partial charge in [-0.05, 0) is 11.1 Å². The maximum Gasteiger partial charge on any atom is 0.423 e. The van der Waals surface area contributed by atoms with Gasteiger partial charge in [0.1, 0.15) is 9.81 Å². The van der Waals surface area contributed by atoms with Crippen molar-refractivity contribution in [3.8, 4) is 0 Å². The highest BCUT2D eigenvalue weighted by Crippen LogP contribution is 2.31. The van der Waals surface area contributed by atoms with Gasteiger partial charge in [-0.3, -0.25) is 0 Å². The van der Waals surface area contributed by atoms with Crippen molar-refractivity contribution >= 4 is 19.6 Å². The molecule has 3 aromatic rings. The summed E-state index contributed by atoms with van der Waals surface area (Å²) < 4.78 is 36.4. The Bertz CT molecular complexity index is 1220. The molecule has 7 heteroatoms. The molecule has 0 amide bonds. The number of benzene rings is 2. The number of rotatable bonds is 2. The molecule has 0 unspecified atom stereocenters. The van der Waals surface area contributed by atoms with E-state index in [1.54, 1.807) is 60.7 Å². The molecule has 2 heterocycles. The summed E-state index contributed by atoms with van der Waals surface area (Å²) in [4.78, 5) is 22.9. The Morgan fingerprint density at radius 2 is 0.960 bits per heavy atom. The minimum atomic E-state index is -4.06. The average molecular weight is 354 g/mol.